The van der Waals surface area contributed by atoms with Gasteiger partial charge in [0.25, 0.3) is 0 Å². The molecule has 3 rings (SSSR count). The Morgan fingerprint density at radius 1 is 1.00 bits per heavy atom. The zero-order chi connectivity index (χ0) is 14.9. The van der Waals surface area contributed by atoms with Crippen molar-refractivity contribution in [2.45, 2.75) is 45.4 Å². The van der Waals surface area contributed by atoms with Gasteiger partial charge in [0.15, 0.2) is 0 Å². The summed E-state index contributed by atoms with van der Waals surface area (Å²) in [6, 6.07) is 7.28. The molecule has 1 heterocycles. The third-order valence-electron chi connectivity index (χ3n) is 4.79. The van der Waals surface area contributed by atoms with Crippen molar-refractivity contribution in [2.24, 2.45) is 5.41 Å². The molecule has 1 spiro atoms. The van der Waals surface area contributed by atoms with E-state index in [2.05, 4.69) is 5.32 Å². The molecule has 21 heavy (non-hydrogen) atoms. The fourth-order valence-corrected chi connectivity index (χ4v) is 3.45. The average Bonchev–Trinajstić information content (AvgIpc) is 2.72. The summed E-state index contributed by atoms with van der Waals surface area (Å²) in [6.45, 7) is 2.49. The van der Waals surface area contributed by atoms with E-state index in [1.165, 1.54) is 17.7 Å². The molecule has 4 heteroatoms. The highest BCUT2D eigenvalue weighted by Crippen LogP contribution is 2.39. The molecule has 0 unspecified atom stereocenters. The van der Waals surface area contributed by atoms with Crippen molar-refractivity contribution in [1.82, 2.24) is 5.32 Å². The van der Waals surface area contributed by atoms with E-state index < -0.39 is 5.41 Å². The largest absolute Gasteiger partial charge is 0.336 e. The number of rotatable bonds is 1. The highest BCUT2D eigenvalue weighted by Gasteiger charge is 2.47. The quantitative estimate of drug-likeness (QED) is 0.860. The summed E-state index contributed by atoms with van der Waals surface area (Å²) < 4.78 is 0. The lowest BCUT2D eigenvalue weighted by atomic mass is 9.77. The van der Waals surface area contributed by atoms with E-state index in [1.54, 1.807) is 0 Å². The van der Waals surface area contributed by atoms with Gasteiger partial charge in [-0.05, 0) is 31.9 Å². The van der Waals surface area contributed by atoms with Crippen molar-refractivity contribution in [3.8, 4) is 0 Å². The van der Waals surface area contributed by atoms with Crippen molar-refractivity contribution >= 4 is 17.6 Å². The number of imide groups is 1. The zero-order valence-electron chi connectivity index (χ0n) is 12.5. The van der Waals surface area contributed by atoms with Gasteiger partial charge in [-0.15, -0.1) is 0 Å². The highest BCUT2D eigenvalue weighted by molar-refractivity contribution is 6.18. The third-order valence-corrected chi connectivity index (χ3v) is 4.79. The van der Waals surface area contributed by atoms with Gasteiger partial charge in [-0.3, -0.25) is 4.79 Å². The van der Waals surface area contributed by atoms with E-state index in [4.69, 9.17) is 0 Å². The van der Waals surface area contributed by atoms with Crippen LogP contribution in [-0.2, 0) is 4.79 Å². The van der Waals surface area contributed by atoms with Gasteiger partial charge in [0.1, 0.15) is 0 Å². The van der Waals surface area contributed by atoms with Crippen LogP contribution in [0.25, 0.3) is 0 Å². The Kier molecular flexibility index (Phi) is 3.70. The minimum Gasteiger partial charge on any atom is -0.336 e. The fourth-order valence-electron chi connectivity index (χ4n) is 3.45. The standard InChI is InChI=1S/C17H22N2O2/c1-13-6-8-14(9-7-13)19-15(20)17(12-18-16(19)21)10-4-2-3-5-11-17/h6-9H,2-5,10-12H2,1H3,(H,18,21). The molecule has 2 fully saturated rings. The predicted molar refractivity (Wildman–Crippen MR) is 82.2 cm³/mol. The number of nitrogens with one attached hydrogen (secondary N) is 1. The van der Waals surface area contributed by atoms with E-state index in [0.717, 1.165) is 31.2 Å². The summed E-state index contributed by atoms with van der Waals surface area (Å²) in [5, 5.41) is 2.93. The fraction of sp³-hybridized carbons (Fsp3) is 0.529. The first-order valence-corrected chi connectivity index (χ1v) is 7.81. The normalized spacial score (nSPS) is 22.0. The molecule has 1 aromatic carbocycles. The SMILES string of the molecule is Cc1ccc(N2C(=O)NCC3(CCCCCC3)C2=O)cc1. The Bertz CT molecular complexity index is 542. The van der Waals surface area contributed by atoms with Gasteiger partial charge in [-0.25, -0.2) is 9.69 Å². The van der Waals surface area contributed by atoms with E-state index >= 15 is 0 Å². The molecule has 0 radical (unpaired) electrons. The summed E-state index contributed by atoms with van der Waals surface area (Å²) in [5.41, 5.74) is 1.40. The number of benzene rings is 1. The second-order valence-corrected chi connectivity index (χ2v) is 6.33. The lowest BCUT2D eigenvalue weighted by Crippen LogP contribution is -2.60. The van der Waals surface area contributed by atoms with Crippen molar-refractivity contribution in [1.29, 1.82) is 0 Å². The number of carbonyl (C=O) groups excluding carboxylic acids is 2. The van der Waals surface area contributed by atoms with Crippen molar-refractivity contribution in [2.75, 3.05) is 11.4 Å². The van der Waals surface area contributed by atoms with Crippen molar-refractivity contribution < 1.29 is 9.59 Å². The monoisotopic (exact) mass is 286 g/mol. The van der Waals surface area contributed by atoms with Crippen LogP contribution in [0.4, 0.5) is 10.5 Å². The van der Waals surface area contributed by atoms with Crippen LogP contribution >= 0.6 is 0 Å². The van der Waals surface area contributed by atoms with Gasteiger partial charge in [-0.2, -0.15) is 0 Å². The number of carbonyl (C=O) groups is 2. The summed E-state index contributed by atoms with van der Waals surface area (Å²) in [4.78, 5) is 26.6. The van der Waals surface area contributed by atoms with E-state index in [9.17, 15) is 9.59 Å². The molecule has 1 aliphatic heterocycles. The van der Waals surface area contributed by atoms with Gasteiger partial charge in [0, 0.05) is 6.54 Å². The number of urea groups is 1. The van der Waals surface area contributed by atoms with Crippen LogP contribution in [0.2, 0.25) is 0 Å². The number of amides is 3. The molecule has 112 valence electrons. The summed E-state index contributed by atoms with van der Waals surface area (Å²) >= 11 is 0. The van der Waals surface area contributed by atoms with Gasteiger partial charge < -0.3 is 5.32 Å². The summed E-state index contributed by atoms with van der Waals surface area (Å²) in [7, 11) is 0. The van der Waals surface area contributed by atoms with Gasteiger partial charge in [0.05, 0.1) is 11.1 Å². The molecule has 0 atom stereocenters. The van der Waals surface area contributed by atoms with Gasteiger partial charge >= 0.3 is 6.03 Å². The minimum atomic E-state index is -0.394. The molecule has 0 aromatic heterocycles. The molecule has 1 saturated heterocycles. The minimum absolute atomic E-state index is 0.0167. The first-order valence-electron chi connectivity index (χ1n) is 7.81. The Labute approximate surface area is 125 Å². The van der Waals surface area contributed by atoms with Gasteiger partial charge in [-0.1, -0.05) is 43.4 Å². The lowest BCUT2D eigenvalue weighted by Gasteiger charge is -2.40. The molecular formula is C17H22N2O2. The van der Waals surface area contributed by atoms with E-state index in [0.29, 0.717) is 12.2 Å². The van der Waals surface area contributed by atoms with Gasteiger partial charge in [0.2, 0.25) is 5.91 Å². The summed E-state index contributed by atoms with van der Waals surface area (Å²) in [5.74, 6) is -0.0167. The first kappa shape index (κ1) is 14.1. The topological polar surface area (TPSA) is 49.4 Å². The maximum Gasteiger partial charge on any atom is 0.328 e. The van der Waals surface area contributed by atoms with Crippen molar-refractivity contribution in [3.63, 3.8) is 0 Å². The number of hydrogen-bond acceptors (Lipinski definition) is 2. The molecule has 4 nitrogen and oxygen atoms in total. The third kappa shape index (κ3) is 2.55. The lowest BCUT2D eigenvalue weighted by molar-refractivity contribution is -0.129. The van der Waals surface area contributed by atoms with Crippen LogP contribution in [0.5, 0.6) is 0 Å². The molecule has 3 amide bonds. The maximum atomic E-state index is 13.0. The van der Waals surface area contributed by atoms with Crippen LogP contribution < -0.4 is 10.2 Å². The van der Waals surface area contributed by atoms with Crippen molar-refractivity contribution in [3.05, 3.63) is 29.8 Å². The Balaban J connectivity index is 1.93. The molecule has 1 aliphatic carbocycles. The Hall–Kier alpha value is -1.84. The number of anilines is 1. The number of hydrogen-bond donors (Lipinski definition) is 1. The van der Waals surface area contributed by atoms with Crippen LogP contribution in [0, 0.1) is 12.3 Å². The summed E-state index contributed by atoms with van der Waals surface area (Å²) in [6.07, 6.45) is 6.29. The molecule has 1 saturated carbocycles. The van der Waals surface area contributed by atoms with Crippen LogP contribution in [0.1, 0.15) is 44.1 Å². The second-order valence-electron chi connectivity index (χ2n) is 6.33. The van der Waals surface area contributed by atoms with Crippen LogP contribution in [0.3, 0.4) is 0 Å². The smallest absolute Gasteiger partial charge is 0.328 e. The Morgan fingerprint density at radius 2 is 1.62 bits per heavy atom. The van der Waals surface area contributed by atoms with E-state index in [-0.39, 0.29) is 11.9 Å². The van der Waals surface area contributed by atoms with Crippen LogP contribution in [0.15, 0.2) is 24.3 Å². The Morgan fingerprint density at radius 3 is 2.24 bits per heavy atom. The molecular weight excluding hydrogens is 264 g/mol. The second kappa shape index (κ2) is 5.51. The molecule has 2 aliphatic rings. The molecule has 1 aromatic rings. The molecule has 1 N–H and O–H groups in total. The first-order chi connectivity index (χ1) is 10.1. The number of aryl methyl sites for hydroxylation is 1. The average molecular weight is 286 g/mol. The zero-order valence-corrected chi connectivity index (χ0v) is 12.5. The highest BCUT2D eigenvalue weighted by atomic mass is 16.2. The predicted octanol–water partition coefficient (Wildman–Crippen LogP) is 3.39. The van der Waals surface area contributed by atoms with Crippen LogP contribution in [-0.4, -0.2) is 18.5 Å². The molecule has 0 bridgehead atoms. The number of nitrogens with zero attached hydrogens (tertiary/aromatic N) is 1. The maximum absolute atomic E-state index is 13.0. The van der Waals surface area contributed by atoms with E-state index in [1.807, 2.05) is 31.2 Å².